The van der Waals surface area contributed by atoms with Gasteiger partial charge in [-0.3, -0.25) is 9.63 Å². The summed E-state index contributed by atoms with van der Waals surface area (Å²) in [6.07, 6.45) is 9.41. The molecule has 2 amide bonds. The normalized spacial score (nSPS) is 10.2. The monoisotopic (exact) mass is 868 g/mol. The van der Waals surface area contributed by atoms with Gasteiger partial charge in [0.15, 0.2) is 15.1 Å². The SMILES string of the molecule is Brc1ccco1.CCC[CH2][Sn]([CH2]CCC)([CH2]CCC)[c]1ccc(C(=O)N(C)OC)o1.CON(C)C(=O)c1ccc(Br)o1.O=C=O. The summed E-state index contributed by atoms with van der Waals surface area (Å²) in [5, 5.41) is 2.31. The van der Waals surface area contributed by atoms with Crippen LogP contribution in [-0.4, -0.2) is 74.8 Å². The van der Waals surface area contributed by atoms with Crippen molar-refractivity contribution in [1.29, 1.82) is 0 Å². The van der Waals surface area contributed by atoms with Crippen LogP contribution in [-0.2, 0) is 19.3 Å². The molecule has 3 aromatic rings. The quantitative estimate of drug-likeness (QED) is 0.117. The molecule has 0 bridgehead atoms. The van der Waals surface area contributed by atoms with Crippen LogP contribution in [0.3, 0.4) is 0 Å². The van der Waals surface area contributed by atoms with E-state index in [2.05, 4.69) is 63.5 Å². The number of hydrogen-bond donors (Lipinski definition) is 0. The van der Waals surface area contributed by atoms with Crippen molar-refractivity contribution in [2.24, 2.45) is 0 Å². The van der Waals surface area contributed by atoms with Crippen molar-refractivity contribution in [2.45, 2.75) is 72.6 Å². The van der Waals surface area contributed by atoms with Crippen molar-refractivity contribution < 1.29 is 42.1 Å². The van der Waals surface area contributed by atoms with Crippen LogP contribution in [0.1, 0.15) is 80.4 Å². The zero-order valence-corrected chi connectivity index (χ0v) is 33.3. The Morgan fingerprint density at radius 1 is 0.756 bits per heavy atom. The van der Waals surface area contributed by atoms with Crippen LogP contribution in [0.15, 0.2) is 65.3 Å². The molecule has 14 heteroatoms. The summed E-state index contributed by atoms with van der Waals surface area (Å²) in [6, 6.07) is 10.8. The first-order valence-corrected chi connectivity index (χ1v) is 23.8. The fourth-order valence-corrected chi connectivity index (χ4v) is 20.0. The average molecular weight is 869 g/mol. The van der Waals surface area contributed by atoms with Crippen LogP contribution in [0.2, 0.25) is 13.3 Å². The van der Waals surface area contributed by atoms with E-state index in [9.17, 15) is 9.59 Å². The van der Waals surface area contributed by atoms with Gasteiger partial charge in [-0.1, -0.05) is 0 Å². The molecule has 0 radical (unpaired) electrons. The summed E-state index contributed by atoms with van der Waals surface area (Å²) in [4.78, 5) is 49.5. The van der Waals surface area contributed by atoms with Gasteiger partial charge in [0.25, 0.3) is 0 Å². The summed E-state index contributed by atoms with van der Waals surface area (Å²) < 4.78 is 22.4. The van der Waals surface area contributed by atoms with Gasteiger partial charge in [0, 0.05) is 7.05 Å². The van der Waals surface area contributed by atoms with Crippen LogP contribution < -0.4 is 3.78 Å². The smallest absolute Gasteiger partial charge is 0.373 e. The molecule has 3 heterocycles. The molecule has 11 nitrogen and oxygen atoms in total. The molecule has 0 saturated heterocycles. The van der Waals surface area contributed by atoms with Crippen LogP contribution >= 0.6 is 31.9 Å². The Kier molecular flexibility index (Phi) is 23.8. The molecule has 0 aliphatic rings. The number of halogens is 2. The molecule has 0 spiro atoms. The largest absolute Gasteiger partial charge is 0.444 e. The van der Waals surface area contributed by atoms with Crippen molar-refractivity contribution in [2.75, 3.05) is 28.3 Å². The van der Waals surface area contributed by atoms with Crippen molar-refractivity contribution >= 4 is 72.0 Å². The second kappa shape index (κ2) is 25.0. The Balaban J connectivity index is 0.000000752. The number of hydrogen-bond acceptors (Lipinski definition) is 9. The number of carbonyl (C=O) groups is 2. The Hall–Kier alpha value is -2.16. The zero-order chi connectivity index (χ0) is 34.3. The van der Waals surface area contributed by atoms with Gasteiger partial charge in [-0.2, -0.15) is 9.59 Å². The summed E-state index contributed by atoms with van der Waals surface area (Å²) in [6.45, 7) is 6.79. The molecular weight excluding hydrogens is 823 g/mol. The molecule has 0 aromatic carbocycles. The van der Waals surface area contributed by atoms with Gasteiger partial charge >= 0.3 is 164 Å². The van der Waals surface area contributed by atoms with Gasteiger partial charge in [0.2, 0.25) is 0 Å². The molecule has 252 valence electrons. The third-order valence-electron chi connectivity index (χ3n) is 6.76. The third kappa shape index (κ3) is 16.3. The van der Waals surface area contributed by atoms with E-state index in [4.69, 9.17) is 27.7 Å². The number of hydroxylamine groups is 4. The standard InChI is InChI=1S/C7H8BrNO3.C7H8NO3.C4H3BrO.3C4H9.CO2.Sn/c1-9(11-2)7(10)5-3-4-6(8)12-5;1-8(10-2)7(9)6-4-3-5-11-6;5-4-2-1-3-6-4;3*1-3-4-2;2-1-3;/h3-4H,1-2H3;3-4H,1-2H3;1-3H;3*1,3-4H2,2H3;;. The summed E-state index contributed by atoms with van der Waals surface area (Å²) in [7, 11) is 6.04. The van der Waals surface area contributed by atoms with Crippen LogP contribution in [0, 0.1) is 0 Å². The van der Waals surface area contributed by atoms with Gasteiger partial charge in [0.05, 0.1) is 13.4 Å². The maximum atomic E-state index is 12.3. The summed E-state index contributed by atoms with van der Waals surface area (Å²) in [5.74, 6) is 0.139. The predicted octanol–water partition coefficient (Wildman–Crippen LogP) is 8.10. The first kappa shape index (κ1) is 42.8. The molecule has 0 N–H and O–H groups in total. The zero-order valence-electron chi connectivity index (χ0n) is 27.2. The van der Waals surface area contributed by atoms with E-state index in [0.717, 1.165) is 9.73 Å². The van der Waals surface area contributed by atoms with E-state index in [0.29, 0.717) is 10.4 Å². The Morgan fingerprint density at radius 2 is 1.20 bits per heavy atom. The van der Waals surface area contributed by atoms with Gasteiger partial charge in [-0.25, -0.2) is 5.06 Å². The number of nitrogens with zero attached hydrogens (tertiary/aromatic N) is 2. The van der Waals surface area contributed by atoms with E-state index in [1.807, 2.05) is 18.2 Å². The molecule has 0 aliphatic carbocycles. The molecule has 0 aliphatic heterocycles. The minimum Gasteiger partial charge on any atom is -0.444 e. The molecule has 45 heavy (non-hydrogen) atoms. The number of amides is 2. The molecule has 3 rings (SSSR count). The van der Waals surface area contributed by atoms with Crippen molar-refractivity contribution in [3.8, 4) is 0 Å². The average Bonchev–Trinajstić information content (AvgIpc) is 3.83. The number of furan rings is 3. The van der Waals surface area contributed by atoms with Gasteiger partial charge in [-0.15, -0.1) is 0 Å². The molecule has 3 aromatic heterocycles. The fourth-order valence-electron chi connectivity index (χ4n) is 4.19. The number of rotatable bonds is 14. The summed E-state index contributed by atoms with van der Waals surface area (Å²) in [5.41, 5.74) is 0. The van der Waals surface area contributed by atoms with E-state index in [1.54, 1.807) is 25.4 Å². The third-order valence-corrected chi connectivity index (χ3v) is 22.6. The van der Waals surface area contributed by atoms with Crippen molar-refractivity contribution in [3.63, 3.8) is 0 Å². The number of carbonyl (C=O) groups excluding carboxylic acids is 4. The van der Waals surface area contributed by atoms with E-state index < -0.39 is 18.4 Å². The topological polar surface area (TPSA) is 133 Å². The summed E-state index contributed by atoms with van der Waals surface area (Å²) >= 11 is 3.63. The molecule has 0 unspecified atom stereocenters. The molecular formula is C31H46Br2N2O9Sn. The Labute approximate surface area is 287 Å². The second-order valence-electron chi connectivity index (χ2n) is 9.83. The van der Waals surface area contributed by atoms with Gasteiger partial charge in [0.1, 0.15) is 0 Å². The Morgan fingerprint density at radius 3 is 1.51 bits per heavy atom. The molecule has 0 fully saturated rings. The van der Waals surface area contributed by atoms with Crippen LogP contribution in [0.25, 0.3) is 0 Å². The minimum absolute atomic E-state index is 0.203. The van der Waals surface area contributed by atoms with Crippen molar-refractivity contribution in [3.05, 3.63) is 63.5 Å². The van der Waals surface area contributed by atoms with E-state index in [1.165, 1.54) is 81.9 Å². The second-order valence-corrected chi connectivity index (χ2v) is 24.4. The first-order valence-electron chi connectivity index (χ1n) is 14.7. The van der Waals surface area contributed by atoms with Gasteiger partial charge < -0.3 is 8.83 Å². The first-order chi connectivity index (χ1) is 21.5. The molecule has 0 saturated carbocycles. The van der Waals surface area contributed by atoms with Crippen molar-refractivity contribution in [1.82, 2.24) is 10.1 Å². The van der Waals surface area contributed by atoms with Crippen LogP contribution in [0.5, 0.6) is 0 Å². The van der Waals surface area contributed by atoms with Crippen LogP contribution in [0.4, 0.5) is 0 Å². The Bertz CT molecular complexity index is 1220. The maximum Gasteiger partial charge on any atom is 0.373 e. The predicted molar refractivity (Wildman–Crippen MR) is 179 cm³/mol. The van der Waals surface area contributed by atoms with Gasteiger partial charge in [-0.05, 0) is 56.1 Å². The maximum absolute atomic E-state index is 12.3. The van der Waals surface area contributed by atoms with E-state index >= 15 is 0 Å². The van der Waals surface area contributed by atoms with E-state index in [-0.39, 0.29) is 23.7 Å². The number of unbranched alkanes of at least 4 members (excludes halogenated alkanes) is 3. The fraction of sp³-hybridized carbons (Fsp3) is 0.516. The molecule has 0 atom stereocenters. The minimum atomic E-state index is -2.58.